The van der Waals surface area contributed by atoms with Gasteiger partial charge >= 0.3 is 0 Å². The third kappa shape index (κ3) is 4.01. The molecule has 1 heteroatoms. The Balaban J connectivity index is 1.84. The minimum absolute atomic E-state index is 0.272. The fraction of sp³-hybridized carbons (Fsp3) is 0.500. The molecule has 0 bridgehead atoms. The van der Waals surface area contributed by atoms with Gasteiger partial charge in [-0.15, -0.1) is 0 Å². The molecule has 0 aliphatic heterocycles. The average Bonchev–Trinajstić information content (AvgIpc) is 2.66. The standard InChI is InChI=1S/C16H23N/c17-16(15-10-6-1-2-7-11-15)13-12-14-8-4-3-5-9-14/h3-5,8-10,16H,1-2,6-7,11-13,17H2. The number of hydrogen-bond acceptors (Lipinski definition) is 1. The Hall–Kier alpha value is -1.08. The second-order valence-electron chi connectivity index (χ2n) is 5.01. The highest BCUT2D eigenvalue weighted by Gasteiger charge is 2.11. The number of benzene rings is 1. The molecule has 0 saturated carbocycles. The van der Waals surface area contributed by atoms with E-state index in [9.17, 15) is 0 Å². The van der Waals surface area contributed by atoms with Crippen LogP contribution in [-0.2, 0) is 6.42 Å². The second kappa shape index (κ2) is 6.61. The number of hydrogen-bond donors (Lipinski definition) is 1. The third-order valence-electron chi connectivity index (χ3n) is 3.64. The summed E-state index contributed by atoms with van der Waals surface area (Å²) in [7, 11) is 0. The zero-order valence-electron chi connectivity index (χ0n) is 10.6. The van der Waals surface area contributed by atoms with E-state index in [1.807, 2.05) is 0 Å². The van der Waals surface area contributed by atoms with Crippen LogP contribution in [0.15, 0.2) is 42.0 Å². The van der Waals surface area contributed by atoms with Gasteiger partial charge in [-0.1, -0.05) is 48.4 Å². The normalized spacial score (nSPS) is 18.3. The molecule has 0 aromatic heterocycles. The summed E-state index contributed by atoms with van der Waals surface area (Å²) in [6.07, 6.45) is 11.0. The van der Waals surface area contributed by atoms with Crippen molar-refractivity contribution in [2.45, 2.75) is 51.0 Å². The number of rotatable bonds is 4. The topological polar surface area (TPSA) is 26.0 Å². The van der Waals surface area contributed by atoms with E-state index in [1.54, 1.807) is 0 Å². The first-order valence-electron chi connectivity index (χ1n) is 6.84. The summed E-state index contributed by atoms with van der Waals surface area (Å²) >= 11 is 0. The van der Waals surface area contributed by atoms with Crippen molar-refractivity contribution in [2.75, 3.05) is 0 Å². The minimum Gasteiger partial charge on any atom is -0.324 e. The molecule has 1 aliphatic carbocycles. The SMILES string of the molecule is NC(CCc1ccccc1)C1=CCCCCC1. The monoisotopic (exact) mass is 229 g/mol. The van der Waals surface area contributed by atoms with Crippen LogP contribution in [0, 0.1) is 0 Å². The van der Waals surface area contributed by atoms with E-state index in [0.717, 1.165) is 12.8 Å². The van der Waals surface area contributed by atoms with Gasteiger partial charge in [0.05, 0.1) is 0 Å². The zero-order chi connectivity index (χ0) is 11.9. The van der Waals surface area contributed by atoms with Crippen LogP contribution >= 0.6 is 0 Å². The summed E-state index contributed by atoms with van der Waals surface area (Å²) < 4.78 is 0. The van der Waals surface area contributed by atoms with Crippen molar-refractivity contribution in [3.8, 4) is 0 Å². The summed E-state index contributed by atoms with van der Waals surface area (Å²) in [6.45, 7) is 0. The van der Waals surface area contributed by atoms with Crippen molar-refractivity contribution in [2.24, 2.45) is 5.73 Å². The Labute approximate surface area is 105 Å². The minimum atomic E-state index is 0.272. The van der Waals surface area contributed by atoms with Crippen LogP contribution in [0.5, 0.6) is 0 Å². The Morgan fingerprint density at radius 3 is 2.71 bits per heavy atom. The smallest absolute Gasteiger partial charge is 0.0256 e. The molecule has 1 aromatic rings. The molecule has 1 aliphatic rings. The average molecular weight is 229 g/mol. The highest BCUT2D eigenvalue weighted by molar-refractivity contribution is 5.17. The molecule has 0 heterocycles. The lowest BCUT2D eigenvalue weighted by Crippen LogP contribution is -2.23. The maximum atomic E-state index is 6.30. The highest BCUT2D eigenvalue weighted by atomic mass is 14.6. The van der Waals surface area contributed by atoms with Crippen LogP contribution in [0.25, 0.3) is 0 Å². The predicted octanol–water partition coefficient (Wildman–Crippen LogP) is 3.84. The van der Waals surface area contributed by atoms with Gasteiger partial charge in [0, 0.05) is 6.04 Å². The number of aryl methyl sites for hydroxylation is 1. The van der Waals surface area contributed by atoms with Crippen LogP contribution in [0.4, 0.5) is 0 Å². The lowest BCUT2D eigenvalue weighted by atomic mass is 9.96. The zero-order valence-corrected chi connectivity index (χ0v) is 10.6. The van der Waals surface area contributed by atoms with Crippen LogP contribution in [0.2, 0.25) is 0 Å². The largest absolute Gasteiger partial charge is 0.324 e. The molecule has 0 spiro atoms. The highest BCUT2D eigenvalue weighted by Crippen LogP contribution is 2.21. The van der Waals surface area contributed by atoms with Gasteiger partial charge in [0.25, 0.3) is 0 Å². The molecule has 0 fully saturated rings. The van der Waals surface area contributed by atoms with E-state index in [4.69, 9.17) is 5.73 Å². The maximum Gasteiger partial charge on any atom is 0.0256 e. The van der Waals surface area contributed by atoms with E-state index < -0.39 is 0 Å². The molecule has 92 valence electrons. The molecular weight excluding hydrogens is 206 g/mol. The fourth-order valence-corrected chi connectivity index (χ4v) is 2.53. The molecule has 0 amide bonds. The molecule has 1 unspecified atom stereocenters. The van der Waals surface area contributed by atoms with Gasteiger partial charge in [-0.3, -0.25) is 0 Å². The van der Waals surface area contributed by atoms with Gasteiger partial charge in [-0.05, 0) is 44.1 Å². The molecule has 1 nitrogen and oxygen atoms in total. The van der Waals surface area contributed by atoms with Gasteiger partial charge in [-0.2, -0.15) is 0 Å². The van der Waals surface area contributed by atoms with Crippen LogP contribution in [0.1, 0.15) is 44.1 Å². The lowest BCUT2D eigenvalue weighted by Gasteiger charge is -2.15. The molecule has 1 atom stereocenters. The Morgan fingerprint density at radius 1 is 1.06 bits per heavy atom. The third-order valence-corrected chi connectivity index (χ3v) is 3.64. The van der Waals surface area contributed by atoms with E-state index in [-0.39, 0.29) is 6.04 Å². The summed E-state index contributed by atoms with van der Waals surface area (Å²) in [4.78, 5) is 0. The fourth-order valence-electron chi connectivity index (χ4n) is 2.53. The Morgan fingerprint density at radius 2 is 1.88 bits per heavy atom. The summed E-state index contributed by atoms with van der Waals surface area (Å²) in [5.74, 6) is 0. The van der Waals surface area contributed by atoms with Gasteiger partial charge in [0.15, 0.2) is 0 Å². The van der Waals surface area contributed by atoms with E-state index in [0.29, 0.717) is 0 Å². The van der Waals surface area contributed by atoms with Crippen molar-refractivity contribution < 1.29 is 0 Å². The van der Waals surface area contributed by atoms with Crippen molar-refractivity contribution in [3.05, 3.63) is 47.5 Å². The molecular formula is C16H23N. The summed E-state index contributed by atoms with van der Waals surface area (Å²) in [6, 6.07) is 10.9. The van der Waals surface area contributed by atoms with Crippen LogP contribution in [-0.4, -0.2) is 6.04 Å². The molecule has 2 rings (SSSR count). The van der Waals surface area contributed by atoms with E-state index in [2.05, 4.69) is 36.4 Å². The number of allylic oxidation sites excluding steroid dienone is 1. The lowest BCUT2D eigenvalue weighted by molar-refractivity contribution is 0.640. The van der Waals surface area contributed by atoms with Gasteiger partial charge in [0.1, 0.15) is 0 Å². The Kier molecular flexibility index (Phi) is 4.81. The second-order valence-corrected chi connectivity index (χ2v) is 5.01. The van der Waals surface area contributed by atoms with Crippen molar-refractivity contribution in [1.82, 2.24) is 0 Å². The van der Waals surface area contributed by atoms with Gasteiger partial charge in [-0.25, -0.2) is 0 Å². The summed E-state index contributed by atoms with van der Waals surface area (Å²) in [5, 5.41) is 0. The van der Waals surface area contributed by atoms with Crippen LogP contribution in [0.3, 0.4) is 0 Å². The predicted molar refractivity (Wildman–Crippen MR) is 73.9 cm³/mol. The van der Waals surface area contributed by atoms with E-state index >= 15 is 0 Å². The van der Waals surface area contributed by atoms with Crippen molar-refractivity contribution in [1.29, 1.82) is 0 Å². The first-order valence-corrected chi connectivity index (χ1v) is 6.84. The molecule has 0 saturated heterocycles. The molecule has 1 aromatic carbocycles. The van der Waals surface area contributed by atoms with Gasteiger partial charge in [0.2, 0.25) is 0 Å². The molecule has 17 heavy (non-hydrogen) atoms. The quantitative estimate of drug-likeness (QED) is 0.780. The van der Waals surface area contributed by atoms with Crippen molar-refractivity contribution >= 4 is 0 Å². The molecule has 0 radical (unpaired) electrons. The van der Waals surface area contributed by atoms with Crippen LogP contribution < -0.4 is 5.73 Å². The van der Waals surface area contributed by atoms with E-state index in [1.165, 1.54) is 43.2 Å². The first kappa shape index (κ1) is 12.4. The number of nitrogens with two attached hydrogens (primary N) is 1. The summed E-state index contributed by atoms with van der Waals surface area (Å²) in [5.41, 5.74) is 9.20. The first-order chi connectivity index (χ1) is 8.36. The Bertz CT molecular complexity index is 353. The van der Waals surface area contributed by atoms with Crippen molar-refractivity contribution in [3.63, 3.8) is 0 Å². The maximum absolute atomic E-state index is 6.30. The molecule has 2 N–H and O–H groups in total. The van der Waals surface area contributed by atoms with Gasteiger partial charge < -0.3 is 5.73 Å².